The van der Waals surface area contributed by atoms with Crippen LogP contribution < -0.4 is 16.0 Å². The molecule has 0 fully saturated rings. The van der Waals surface area contributed by atoms with E-state index in [0.29, 0.717) is 41.2 Å². The molecule has 0 saturated carbocycles. The Morgan fingerprint density at radius 1 is 1.11 bits per heavy atom. The van der Waals surface area contributed by atoms with Gasteiger partial charge in [0.25, 0.3) is 0 Å². The summed E-state index contributed by atoms with van der Waals surface area (Å²) >= 11 is 11.9. The van der Waals surface area contributed by atoms with Gasteiger partial charge in [-0.05, 0) is 51.5 Å². The van der Waals surface area contributed by atoms with Crippen LogP contribution in [0.25, 0.3) is 0 Å². The summed E-state index contributed by atoms with van der Waals surface area (Å²) in [4.78, 5) is 16.5. The van der Waals surface area contributed by atoms with Gasteiger partial charge in [-0.2, -0.15) is 0 Å². The fourth-order valence-electron chi connectivity index (χ4n) is 2.17. The monoisotopic (exact) mass is 530 g/mol. The summed E-state index contributed by atoms with van der Waals surface area (Å²) in [7, 11) is 0. The summed E-state index contributed by atoms with van der Waals surface area (Å²) in [5, 5.41) is 20.3. The van der Waals surface area contributed by atoms with E-state index in [9.17, 15) is 9.90 Å². The van der Waals surface area contributed by atoms with E-state index in [1.807, 2.05) is 27.7 Å². The van der Waals surface area contributed by atoms with Gasteiger partial charge >= 0.3 is 0 Å². The zero-order valence-electron chi connectivity index (χ0n) is 16.1. The van der Waals surface area contributed by atoms with Crippen LogP contribution in [0.3, 0.4) is 0 Å². The van der Waals surface area contributed by atoms with E-state index in [0.717, 1.165) is 0 Å². The van der Waals surface area contributed by atoms with Crippen LogP contribution in [0.15, 0.2) is 23.2 Å². The Balaban J connectivity index is 0.00000676. The minimum atomic E-state index is -0.800. The first kappa shape index (κ1) is 26.2. The number of amides is 1. The molecule has 4 N–H and O–H groups in total. The van der Waals surface area contributed by atoms with Gasteiger partial charge in [-0.3, -0.25) is 9.79 Å². The van der Waals surface area contributed by atoms with E-state index in [1.165, 1.54) is 0 Å². The lowest BCUT2D eigenvalue weighted by atomic mass is 9.92. The normalized spacial score (nSPS) is 12.8. The Hall–Kier alpha value is -0.770. The van der Waals surface area contributed by atoms with Crippen LogP contribution in [0.2, 0.25) is 10.0 Å². The molecule has 0 aliphatic rings. The first-order chi connectivity index (χ1) is 12.2. The predicted octanol–water partition coefficient (Wildman–Crippen LogP) is 3.36. The van der Waals surface area contributed by atoms with Crippen LogP contribution in [0.4, 0.5) is 0 Å². The number of hydrogen-bond donors (Lipinski definition) is 4. The summed E-state index contributed by atoms with van der Waals surface area (Å²) in [6.07, 6.45) is -0.800. The van der Waals surface area contributed by atoms with Crippen molar-refractivity contribution in [2.75, 3.05) is 26.2 Å². The molecule has 0 heterocycles. The van der Waals surface area contributed by atoms with Gasteiger partial charge in [-0.1, -0.05) is 23.2 Å². The van der Waals surface area contributed by atoms with Gasteiger partial charge in [-0.25, -0.2) is 0 Å². The molecule has 1 amide bonds. The molecule has 1 atom stereocenters. The first-order valence-corrected chi connectivity index (χ1v) is 9.39. The molecule has 1 aromatic rings. The largest absolute Gasteiger partial charge is 0.387 e. The number of halogens is 3. The molecule has 0 aliphatic carbocycles. The molecule has 0 aromatic heterocycles. The van der Waals surface area contributed by atoms with E-state index >= 15 is 0 Å². The quantitative estimate of drug-likeness (QED) is 0.236. The summed E-state index contributed by atoms with van der Waals surface area (Å²) in [5.41, 5.74) is -0.00854. The van der Waals surface area contributed by atoms with Gasteiger partial charge < -0.3 is 21.1 Å². The number of rotatable bonds is 8. The lowest BCUT2D eigenvalue weighted by molar-refractivity contribution is -0.128. The Bertz CT molecular complexity index is 622. The molecule has 0 radical (unpaired) electrons. The molecule has 154 valence electrons. The van der Waals surface area contributed by atoms with Crippen molar-refractivity contribution in [2.24, 2.45) is 10.4 Å². The van der Waals surface area contributed by atoms with Crippen LogP contribution >= 0.6 is 47.2 Å². The van der Waals surface area contributed by atoms with Crippen molar-refractivity contribution in [3.05, 3.63) is 33.8 Å². The first-order valence-electron chi connectivity index (χ1n) is 8.64. The van der Waals surface area contributed by atoms with Gasteiger partial charge in [0.2, 0.25) is 5.91 Å². The third-order valence-electron chi connectivity index (χ3n) is 3.66. The summed E-state index contributed by atoms with van der Waals surface area (Å²) in [6.45, 7) is 9.29. The maximum absolute atomic E-state index is 12.1. The fourth-order valence-corrected chi connectivity index (χ4v) is 2.71. The minimum absolute atomic E-state index is 0. The van der Waals surface area contributed by atoms with Crippen LogP contribution in [0.5, 0.6) is 0 Å². The third-order valence-corrected chi connectivity index (χ3v) is 4.10. The Morgan fingerprint density at radius 3 is 2.19 bits per heavy atom. The van der Waals surface area contributed by atoms with E-state index in [2.05, 4.69) is 20.9 Å². The number of carbonyl (C=O) groups is 1. The molecule has 1 rings (SSSR count). The predicted molar refractivity (Wildman–Crippen MR) is 123 cm³/mol. The summed E-state index contributed by atoms with van der Waals surface area (Å²) in [6, 6.07) is 4.95. The lowest BCUT2D eigenvalue weighted by Crippen LogP contribution is -2.42. The zero-order valence-corrected chi connectivity index (χ0v) is 19.9. The van der Waals surface area contributed by atoms with Gasteiger partial charge in [0, 0.05) is 29.7 Å². The highest BCUT2D eigenvalue weighted by molar-refractivity contribution is 14.0. The number of nitrogens with zero attached hydrogens (tertiary/aromatic N) is 1. The maximum atomic E-state index is 12.1. The Kier molecular flexibility index (Phi) is 12.3. The summed E-state index contributed by atoms with van der Waals surface area (Å²) in [5.74, 6) is 0.477. The molecule has 27 heavy (non-hydrogen) atoms. The van der Waals surface area contributed by atoms with Crippen molar-refractivity contribution in [3.8, 4) is 0 Å². The zero-order chi connectivity index (χ0) is 19.7. The molecular weight excluding hydrogens is 502 g/mol. The topological polar surface area (TPSA) is 85.8 Å². The molecule has 0 spiro atoms. The van der Waals surface area contributed by atoms with Crippen molar-refractivity contribution in [1.29, 1.82) is 0 Å². The average molecular weight is 531 g/mol. The fraction of sp³-hybridized carbons (Fsp3) is 0.556. The van der Waals surface area contributed by atoms with Gasteiger partial charge in [0.05, 0.1) is 18.1 Å². The van der Waals surface area contributed by atoms with Crippen LogP contribution in [0.1, 0.15) is 39.4 Å². The molecule has 0 aliphatic heterocycles. The Labute approximate surface area is 188 Å². The van der Waals surface area contributed by atoms with Gasteiger partial charge in [0.1, 0.15) is 0 Å². The second-order valence-electron chi connectivity index (χ2n) is 6.54. The molecule has 6 nitrogen and oxygen atoms in total. The van der Waals surface area contributed by atoms with E-state index in [4.69, 9.17) is 23.2 Å². The molecule has 1 aromatic carbocycles. The van der Waals surface area contributed by atoms with Crippen molar-refractivity contribution >= 4 is 59.0 Å². The highest BCUT2D eigenvalue weighted by Crippen LogP contribution is 2.23. The molecule has 9 heteroatoms. The van der Waals surface area contributed by atoms with Crippen molar-refractivity contribution < 1.29 is 9.90 Å². The number of carbonyl (C=O) groups excluding carboxylic acids is 1. The Morgan fingerprint density at radius 2 is 1.67 bits per heavy atom. The second-order valence-corrected chi connectivity index (χ2v) is 7.41. The average Bonchev–Trinajstić information content (AvgIpc) is 2.56. The van der Waals surface area contributed by atoms with Crippen LogP contribution in [-0.4, -0.2) is 43.2 Å². The number of aliphatic hydroxyl groups is 1. The smallest absolute Gasteiger partial charge is 0.227 e. The summed E-state index contributed by atoms with van der Waals surface area (Å²) < 4.78 is 0. The van der Waals surface area contributed by atoms with E-state index in [1.54, 1.807) is 18.2 Å². The number of benzene rings is 1. The number of hydrogen-bond acceptors (Lipinski definition) is 3. The third kappa shape index (κ3) is 9.32. The highest BCUT2D eigenvalue weighted by Gasteiger charge is 2.26. The van der Waals surface area contributed by atoms with Gasteiger partial charge in [-0.15, -0.1) is 24.0 Å². The molecule has 0 saturated heterocycles. The van der Waals surface area contributed by atoms with E-state index < -0.39 is 11.5 Å². The van der Waals surface area contributed by atoms with Crippen LogP contribution in [0, 0.1) is 5.41 Å². The second kappa shape index (κ2) is 12.6. The number of nitrogens with one attached hydrogen (secondary N) is 3. The molecule has 1 unspecified atom stereocenters. The minimum Gasteiger partial charge on any atom is -0.387 e. The number of guanidine groups is 1. The molecular formula is C18H29Cl2IN4O2. The van der Waals surface area contributed by atoms with Gasteiger partial charge in [0.15, 0.2) is 5.96 Å². The van der Waals surface area contributed by atoms with Crippen molar-refractivity contribution in [2.45, 2.75) is 33.8 Å². The maximum Gasteiger partial charge on any atom is 0.227 e. The SMILES string of the molecule is CCNC(=O)C(C)(C)CN=C(NCC)NCC(O)c1cc(Cl)cc(Cl)c1.I. The van der Waals surface area contributed by atoms with E-state index in [-0.39, 0.29) is 36.4 Å². The number of aliphatic imine (C=N–C) groups is 1. The molecule has 0 bridgehead atoms. The lowest BCUT2D eigenvalue weighted by Gasteiger charge is -2.22. The van der Waals surface area contributed by atoms with Crippen LogP contribution in [-0.2, 0) is 4.79 Å². The highest BCUT2D eigenvalue weighted by atomic mass is 127. The standard InChI is InChI=1S/C18H28Cl2N4O2.HI/c1-5-21-16(26)18(3,4)11-24-17(22-6-2)23-10-15(25)12-7-13(19)9-14(20)8-12;/h7-9,15,25H,5-6,10-11H2,1-4H3,(H,21,26)(H2,22,23,24);1H. The van der Waals surface area contributed by atoms with Crippen molar-refractivity contribution in [1.82, 2.24) is 16.0 Å². The number of aliphatic hydroxyl groups excluding tert-OH is 1. The van der Waals surface area contributed by atoms with Crippen molar-refractivity contribution in [3.63, 3.8) is 0 Å².